The van der Waals surface area contributed by atoms with Crippen molar-refractivity contribution in [3.05, 3.63) is 80.9 Å². The van der Waals surface area contributed by atoms with Crippen LogP contribution in [0.5, 0.6) is 0 Å². The fourth-order valence-electron chi connectivity index (χ4n) is 4.40. The van der Waals surface area contributed by atoms with Crippen LogP contribution in [0.4, 0.5) is 17.6 Å². The maximum atomic E-state index is 13.9. The molecule has 6 nitrogen and oxygen atoms in total. The molecule has 1 aliphatic heterocycles. The zero-order chi connectivity index (χ0) is 23.4. The molecule has 33 heavy (non-hydrogen) atoms. The van der Waals surface area contributed by atoms with Crippen LogP contribution < -0.4 is 5.56 Å². The van der Waals surface area contributed by atoms with Crippen LogP contribution in [0.3, 0.4) is 0 Å². The zero-order valence-electron chi connectivity index (χ0n) is 17.2. The second-order valence-electron chi connectivity index (χ2n) is 7.89. The molecule has 2 N–H and O–H groups in total. The number of carbonyl (C=O) groups is 1. The number of benzene rings is 2. The number of ether oxygens (including phenoxy) is 1. The number of hydrogen-bond acceptors (Lipinski definition) is 3. The summed E-state index contributed by atoms with van der Waals surface area (Å²) in [5, 5.41) is 0.554. The summed E-state index contributed by atoms with van der Waals surface area (Å²) in [5.74, 6) is -2.17. The van der Waals surface area contributed by atoms with Crippen LogP contribution >= 0.6 is 0 Å². The van der Waals surface area contributed by atoms with E-state index < -0.39 is 41.1 Å². The van der Waals surface area contributed by atoms with Gasteiger partial charge in [0.05, 0.1) is 30.2 Å². The third kappa shape index (κ3) is 3.37. The van der Waals surface area contributed by atoms with Gasteiger partial charge in [-0.2, -0.15) is 0 Å². The number of halogens is 4. The van der Waals surface area contributed by atoms with E-state index in [1.165, 1.54) is 36.2 Å². The summed E-state index contributed by atoms with van der Waals surface area (Å²) in [4.78, 5) is 32.5. The minimum atomic E-state index is -3.05. The molecule has 170 valence electrons. The summed E-state index contributed by atoms with van der Waals surface area (Å²) >= 11 is 0. The molecule has 1 amide bonds. The molecule has 0 fully saturated rings. The first kappa shape index (κ1) is 21.2. The number of nitrogens with zero attached hydrogens (tertiary/aromatic N) is 1. The number of nitrogens with one attached hydrogen (secondary N) is 2. The molecule has 4 aromatic rings. The van der Waals surface area contributed by atoms with Gasteiger partial charge in [-0.15, -0.1) is 0 Å². The second-order valence-corrected chi connectivity index (χ2v) is 7.89. The van der Waals surface area contributed by atoms with Crippen LogP contribution in [0, 0.1) is 11.6 Å². The van der Waals surface area contributed by atoms with Gasteiger partial charge in [-0.05, 0) is 35.7 Å². The Hall–Kier alpha value is -3.66. The number of pyridine rings is 1. The molecule has 10 heteroatoms. The minimum absolute atomic E-state index is 0.00750. The Bertz CT molecular complexity index is 1480. The Balaban J connectivity index is 1.59. The van der Waals surface area contributed by atoms with Crippen LogP contribution in [-0.4, -0.2) is 34.4 Å². The van der Waals surface area contributed by atoms with Crippen LogP contribution in [0.1, 0.15) is 39.8 Å². The lowest BCUT2D eigenvalue weighted by molar-refractivity contribution is 0.0333. The molecule has 0 saturated carbocycles. The summed E-state index contributed by atoms with van der Waals surface area (Å²) in [7, 11) is 1.51. The van der Waals surface area contributed by atoms with E-state index in [1.54, 1.807) is 0 Å². The van der Waals surface area contributed by atoms with E-state index in [4.69, 9.17) is 4.74 Å². The first-order chi connectivity index (χ1) is 15.8. The normalized spacial score (nSPS) is 15.9. The van der Waals surface area contributed by atoms with Gasteiger partial charge in [0, 0.05) is 29.2 Å². The van der Waals surface area contributed by atoms with Crippen molar-refractivity contribution in [1.29, 1.82) is 0 Å². The first-order valence-corrected chi connectivity index (χ1v) is 10.0. The predicted molar refractivity (Wildman–Crippen MR) is 112 cm³/mol. The highest BCUT2D eigenvalue weighted by Gasteiger charge is 2.32. The Morgan fingerprint density at radius 3 is 2.64 bits per heavy atom. The minimum Gasteiger partial charge on any atom is -0.373 e. The maximum absolute atomic E-state index is 13.9. The molecule has 1 atom stereocenters. The van der Waals surface area contributed by atoms with Crippen molar-refractivity contribution in [3.63, 3.8) is 0 Å². The Labute approximate surface area is 183 Å². The van der Waals surface area contributed by atoms with Gasteiger partial charge in [-0.25, -0.2) is 17.6 Å². The second kappa shape index (κ2) is 7.73. The Morgan fingerprint density at radius 1 is 1.09 bits per heavy atom. The molecule has 0 bridgehead atoms. The zero-order valence-corrected chi connectivity index (χ0v) is 17.2. The van der Waals surface area contributed by atoms with Crippen molar-refractivity contribution < 1.29 is 27.1 Å². The molecular weight excluding hydrogens is 442 g/mol. The number of aromatic nitrogens is 2. The summed E-state index contributed by atoms with van der Waals surface area (Å²) in [6.45, 7) is 0.213. The number of carbonyl (C=O) groups excluding carboxylic acids is 1. The van der Waals surface area contributed by atoms with Crippen molar-refractivity contribution in [2.75, 3.05) is 13.7 Å². The molecule has 2 aromatic heterocycles. The van der Waals surface area contributed by atoms with E-state index in [-0.39, 0.29) is 35.2 Å². The average molecular weight is 459 g/mol. The predicted octanol–water partition coefficient (Wildman–Crippen LogP) is 4.57. The number of likely N-dealkylation sites (N-methyl/N-ethyl adjacent to an activating group) is 1. The van der Waals surface area contributed by atoms with Gasteiger partial charge in [0.15, 0.2) is 0 Å². The van der Waals surface area contributed by atoms with Crippen molar-refractivity contribution in [1.82, 2.24) is 14.9 Å². The van der Waals surface area contributed by atoms with Crippen LogP contribution in [0.25, 0.3) is 21.7 Å². The number of hydrogen-bond donors (Lipinski definition) is 2. The summed E-state index contributed by atoms with van der Waals surface area (Å²) in [5.41, 5.74) is 0.0257. The van der Waals surface area contributed by atoms with E-state index in [1.807, 2.05) is 0 Å². The maximum Gasteiger partial charge on any atom is 0.270 e. The largest absolute Gasteiger partial charge is 0.373 e. The molecule has 0 radical (unpaired) electrons. The molecule has 3 heterocycles. The molecule has 0 unspecified atom stereocenters. The lowest BCUT2D eigenvalue weighted by Gasteiger charge is -2.33. The fourth-order valence-corrected chi connectivity index (χ4v) is 4.40. The molecule has 5 rings (SSSR count). The van der Waals surface area contributed by atoms with E-state index in [2.05, 4.69) is 9.97 Å². The van der Waals surface area contributed by atoms with Crippen molar-refractivity contribution in [2.24, 2.45) is 0 Å². The topological polar surface area (TPSA) is 78.2 Å². The van der Waals surface area contributed by atoms with Gasteiger partial charge < -0.3 is 19.6 Å². The van der Waals surface area contributed by atoms with Crippen LogP contribution in [0.2, 0.25) is 0 Å². The SMILES string of the molecule is CN(C(=O)c1cc2c(C(F)F)c(F)ccc2[nH]1)[C@@H]1COCc2[nH]c(=O)c3cc(F)ccc3c21. The molecule has 0 aliphatic carbocycles. The number of fused-ring (bicyclic) bond motifs is 4. The van der Waals surface area contributed by atoms with E-state index in [0.717, 1.165) is 12.1 Å². The van der Waals surface area contributed by atoms with Gasteiger partial charge in [-0.3, -0.25) is 9.59 Å². The first-order valence-electron chi connectivity index (χ1n) is 10.0. The third-order valence-corrected chi connectivity index (χ3v) is 5.99. The smallest absolute Gasteiger partial charge is 0.270 e. The Kier molecular flexibility index (Phi) is 4.97. The third-order valence-electron chi connectivity index (χ3n) is 5.99. The van der Waals surface area contributed by atoms with Gasteiger partial charge in [0.25, 0.3) is 17.9 Å². The fraction of sp³-hybridized carbons (Fsp3) is 0.217. The molecule has 2 aromatic carbocycles. The highest BCUT2D eigenvalue weighted by Crippen LogP contribution is 2.35. The summed E-state index contributed by atoms with van der Waals surface area (Å²) < 4.78 is 60.0. The highest BCUT2D eigenvalue weighted by atomic mass is 19.3. The number of alkyl halides is 2. The molecule has 1 aliphatic rings. The number of aromatic amines is 2. The Morgan fingerprint density at radius 2 is 1.88 bits per heavy atom. The van der Waals surface area contributed by atoms with Gasteiger partial charge in [0.2, 0.25) is 0 Å². The van der Waals surface area contributed by atoms with Crippen LogP contribution in [0.15, 0.2) is 41.2 Å². The lowest BCUT2D eigenvalue weighted by Crippen LogP contribution is -2.37. The summed E-state index contributed by atoms with van der Waals surface area (Å²) in [6, 6.07) is 6.60. The van der Waals surface area contributed by atoms with E-state index >= 15 is 0 Å². The van der Waals surface area contributed by atoms with Gasteiger partial charge in [0.1, 0.15) is 17.3 Å². The monoisotopic (exact) mass is 459 g/mol. The highest BCUT2D eigenvalue weighted by molar-refractivity contribution is 5.99. The van der Waals surface area contributed by atoms with Crippen molar-refractivity contribution in [2.45, 2.75) is 19.1 Å². The number of H-pyrrole nitrogens is 2. The quantitative estimate of drug-likeness (QED) is 0.441. The van der Waals surface area contributed by atoms with Crippen molar-refractivity contribution in [3.8, 4) is 0 Å². The summed E-state index contributed by atoms with van der Waals surface area (Å²) in [6.07, 6.45) is -3.05. The number of rotatable bonds is 3. The van der Waals surface area contributed by atoms with Crippen molar-refractivity contribution >= 4 is 27.6 Å². The molecule has 0 spiro atoms. The number of amides is 1. The average Bonchev–Trinajstić information content (AvgIpc) is 3.21. The standard InChI is InChI=1S/C23H17F4N3O3/c1-30(23(32)16-7-13-15(28-16)5-4-14(25)19(13)21(26)27)18-9-33-8-17-20(18)11-3-2-10(24)6-12(11)22(31)29-17/h2-7,18,21,28H,8-9H2,1H3,(H,29,31)/t18-/m1/s1. The molecular formula is C23H17F4N3O3. The van der Waals surface area contributed by atoms with Gasteiger partial charge in [-0.1, -0.05) is 6.07 Å². The van der Waals surface area contributed by atoms with E-state index in [9.17, 15) is 27.2 Å². The van der Waals surface area contributed by atoms with Crippen LogP contribution in [-0.2, 0) is 11.3 Å². The lowest BCUT2D eigenvalue weighted by atomic mass is 9.95. The van der Waals surface area contributed by atoms with Gasteiger partial charge >= 0.3 is 0 Å². The molecule has 0 saturated heterocycles. The van der Waals surface area contributed by atoms with E-state index in [0.29, 0.717) is 16.6 Å².